The number of sulfonamides is 1. The first-order valence-electron chi connectivity index (χ1n) is 4.74. The van der Waals surface area contributed by atoms with Crippen LogP contribution < -0.4 is 4.72 Å². The van der Waals surface area contributed by atoms with Gasteiger partial charge in [-0.3, -0.25) is 0 Å². The minimum atomic E-state index is -4.35. The van der Waals surface area contributed by atoms with E-state index in [0.29, 0.717) is 0 Å². The van der Waals surface area contributed by atoms with Crippen LogP contribution >= 0.6 is 23.2 Å². The van der Waals surface area contributed by atoms with Crippen molar-refractivity contribution in [3.05, 3.63) is 0 Å². The molecular formula is C8H14Cl2F3NO2S. The first kappa shape index (κ1) is 17.3. The van der Waals surface area contributed by atoms with E-state index in [0.717, 1.165) is 0 Å². The molecule has 0 saturated carbocycles. The summed E-state index contributed by atoms with van der Waals surface area (Å²) in [6.45, 7) is 1.48. The zero-order chi connectivity index (χ0) is 13.7. The van der Waals surface area contributed by atoms with Crippen LogP contribution in [0.4, 0.5) is 13.2 Å². The number of hydrogen-bond donors (Lipinski definition) is 1. The van der Waals surface area contributed by atoms with Gasteiger partial charge in [-0.25, -0.2) is 13.1 Å². The van der Waals surface area contributed by atoms with Gasteiger partial charge in [0.2, 0.25) is 10.0 Å². The fourth-order valence-corrected chi connectivity index (χ4v) is 3.08. The normalized spacial score (nSPS) is 14.0. The highest BCUT2D eigenvalue weighted by Gasteiger charge is 2.30. The molecule has 0 aromatic carbocycles. The van der Waals surface area contributed by atoms with Crippen molar-refractivity contribution in [3.8, 4) is 0 Å². The van der Waals surface area contributed by atoms with Gasteiger partial charge in [0.1, 0.15) is 0 Å². The minimum Gasteiger partial charge on any atom is -0.212 e. The number of halogens is 5. The summed E-state index contributed by atoms with van der Waals surface area (Å²) in [5.41, 5.74) is -1.04. The largest absolute Gasteiger partial charge is 0.389 e. The van der Waals surface area contributed by atoms with Gasteiger partial charge in [-0.2, -0.15) is 13.2 Å². The van der Waals surface area contributed by atoms with Crippen molar-refractivity contribution in [2.75, 3.05) is 17.5 Å². The topological polar surface area (TPSA) is 46.2 Å². The van der Waals surface area contributed by atoms with E-state index in [1.54, 1.807) is 0 Å². The third-order valence-corrected chi connectivity index (χ3v) is 4.67. The molecule has 1 N–H and O–H groups in total. The van der Waals surface area contributed by atoms with Crippen molar-refractivity contribution in [2.24, 2.45) is 0 Å². The van der Waals surface area contributed by atoms with Crippen molar-refractivity contribution in [2.45, 2.75) is 31.5 Å². The van der Waals surface area contributed by atoms with Gasteiger partial charge in [0.15, 0.2) is 0 Å². The van der Waals surface area contributed by atoms with Crippen LogP contribution in [-0.4, -0.2) is 37.6 Å². The van der Waals surface area contributed by atoms with Gasteiger partial charge in [-0.15, -0.1) is 23.2 Å². The highest BCUT2D eigenvalue weighted by Crippen LogP contribution is 2.21. The van der Waals surface area contributed by atoms with E-state index in [1.807, 2.05) is 0 Å². The molecule has 0 aromatic heterocycles. The third-order valence-electron chi connectivity index (χ3n) is 1.87. The van der Waals surface area contributed by atoms with Crippen LogP contribution in [0.2, 0.25) is 0 Å². The number of hydrogen-bond acceptors (Lipinski definition) is 2. The Morgan fingerprint density at radius 1 is 1.18 bits per heavy atom. The van der Waals surface area contributed by atoms with Crippen LogP contribution in [0.1, 0.15) is 19.8 Å². The van der Waals surface area contributed by atoms with E-state index in [1.165, 1.54) is 6.92 Å². The summed E-state index contributed by atoms with van der Waals surface area (Å²) in [4.78, 5) is 0. The van der Waals surface area contributed by atoms with Crippen molar-refractivity contribution in [1.82, 2.24) is 4.72 Å². The Hall–Kier alpha value is 0.280. The molecule has 0 amide bonds. The monoisotopic (exact) mass is 315 g/mol. The van der Waals surface area contributed by atoms with Crippen molar-refractivity contribution >= 4 is 33.2 Å². The molecule has 3 nitrogen and oxygen atoms in total. The van der Waals surface area contributed by atoms with Crippen LogP contribution in [0, 0.1) is 0 Å². The maximum atomic E-state index is 11.8. The fourth-order valence-electron chi connectivity index (χ4n) is 0.979. The second kappa shape index (κ2) is 6.45. The first-order valence-corrected chi connectivity index (χ1v) is 7.46. The minimum absolute atomic E-state index is 0.0605. The number of rotatable bonds is 7. The van der Waals surface area contributed by atoms with E-state index >= 15 is 0 Å². The lowest BCUT2D eigenvalue weighted by molar-refractivity contribution is -0.134. The number of alkyl halides is 5. The second-order valence-electron chi connectivity index (χ2n) is 3.97. The Bertz CT molecular complexity index is 328. The summed E-state index contributed by atoms with van der Waals surface area (Å²) in [5, 5.41) is 0. The maximum absolute atomic E-state index is 11.8. The van der Waals surface area contributed by atoms with Crippen LogP contribution in [0.3, 0.4) is 0 Å². The molecule has 0 radical (unpaired) electrons. The molecule has 0 fully saturated rings. The van der Waals surface area contributed by atoms with E-state index in [4.69, 9.17) is 23.2 Å². The SMILES string of the molecule is CC(CCl)(CCl)NS(=O)(=O)CCCC(F)(F)F. The highest BCUT2D eigenvalue weighted by molar-refractivity contribution is 7.89. The van der Waals surface area contributed by atoms with Crippen LogP contribution in [0.25, 0.3) is 0 Å². The molecule has 0 aliphatic heterocycles. The van der Waals surface area contributed by atoms with E-state index < -0.39 is 40.3 Å². The maximum Gasteiger partial charge on any atom is 0.389 e. The van der Waals surface area contributed by atoms with Gasteiger partial charge in [0.25, 0.3) is 0 Å². The summed E-state index contributed by atoms with van der Waals surface area (Å²) in [6, 6.07) is 0. The van der Waals surface area contributed by atoms with Crippen molar-refractivity contribution < 1.29 is 21.6 Å². The molecular weight excluding hydrogens is 302 g/mol. The summed E-state index contributed by atoms with van der Waals surface area (Å²) in [6.07, 6.45) is -5.97. The molecule has 0 bridgehead atoms. The van der Waals surface area contributed by atoms with E-state index in [2.05, 4.69) is 4.72 Å². The Morgan fingerprint density at radius 3 is 2.00 bits per heavy atom. The Balaban J connectivity index is 4.31. The molecule has 0 atom stereocenters. The molecule has 0 spiro atoms. The molecule has 0 aromatic rings. The molecule has 17 heavy (non-hydrogen) atoms. The molecule has 0 heterocycles. The van der Waals surface area contributed by atoms with Crippen molar-refractivity contribution in [3.63, 3.8) is 0 Å². The van der Waals surface area contributed by atoms with Gasteiger partial charge in [-0.05, 0) is 13.3 Å². The molecule has 0 aliphatic carbocycles. The van der Waals surface area contributed by atoms with Crippen LogP contribution in [0.15, 0.2) is 0 Å². The zero-order valence-electron chi connectivity index (χ0n) is 9.15. The van der Waals surface area contributed by atoms with Gasteiger partial charge in [0, 0.05) is 18.2 Å². The first-order chi connectivity index (χ1) is 7.54. The van der Waals surface area contributed by atoms with Gasteiger partial charge in [-0.1, -0.05) is 0 Å². The molecule has 9 heteroatoms. The quantitative estimate of drug-likeness (QED) is 0.734. The summed E-state index contributed by atoms with van der Waals surface area (Å²) >= 11 is 11.1. The Kier molecular flexibility index (Phi) is 6.55. The summed E-state index contributed by atoms with van der Waals surface area (Å²) < 4.78 is 60.6. The van der Waals surface area contributed by atoms with E-state index in [-0.39, 0.29) is 11.8 Å². The predicted octanol–water partition coefficient (Wildman–Crippen LogP) is 2.48. The summed E-state index contributed by atoms with van der Waals surface area (Å²) in [5.74, 6) is -0.722. The molecule has 0 unspecified atom stereocenters. The third kappa shape index (κ3) is 8.07. The average molecular weight is 316 g/mol. The Morgan fingerprint density at radius 2 is 1.65 bits per heavy atom. The van der Waals surface area contributed by atoms with Gasteiger partial charge >= 0.3 is 6.18 Å². The molecule has 104 valence electrons. The van der Waals surface area contributed by atoms with Gasteiger partial charge < -0.3 is 0 Å². The molecule has 0 rings (SSSR count). The number of nitrogens with one attached hydrogen (secondary N) is 1. The van der Waals surface area contributed by atoms with Crippen LogP contribution in [-0.2, 0) is 10.0 Å². The smallest absolute Gasteiger partial charge is 0.212 e. The molecule has 0 saturated heterocycles. The molecule has 0 aliphatic rings. The second-order valence-corrected chi connectivity index (χ2v) is 6.34. The van der Waals surface area contributed by atoms with Crippen LogP contribution in [0.5, 0.6) is 0 Å². The fraction of sp³-hybridized carbons (Fsp3) is 1.00. The van der Waals surface area contributed by atoms with Gasteiger partial charge in [0.05, 0.1) is 11.3 Å². The lowest BCUT2D eigenvalue weighted by Gasteiger charge is -2.25. The van der Waals surface area contributed by atoms with E-state index in [9.17, 15) is 21.6 Å². The van der Waals surface area contributed by atoms with Crippen molar-refractivity contribution in [1.29, 1.82) is 0 Å². The highest BCUT2D eigenvalue weighted by atomic mass is 35.5. The zero-order valence-corrected chi connectivity index (χ0v) is 11.5. The lowest BCUT2D eigenvalue weighted by Crippen LogP contribution is -2.49. The predicted molar refractivity (Wildman–Crippen MR) is 62.1 cm³/mol. The standard InChI is InChI=1S/C8H14Cl2F3NO2S/c1-7(5-9,6-10)14-17(15,16)4-2-3-8(11,12)13/h14H,2-6H2,1H3. The average Bonchev–Trinajstić information content (AvgIpc) is 2.14. The lowest BCUT2D eigenvalue weighted by atomic mass is 10.1. The summed E-state index contributed by atoms with van der Waals surface area (Å²) in [7, 11) is -3.80. The Labute approximate surface area is 109 Å².